The van der Waals surface area contributed by atoms with Crippen molar-refractivity contribution in [1.29, 1.82) is 0 Å². The van der Waals surface area contributed by atoms with Gasteiger partial charge in [0.15, 0.2) is 0 Å². The van der Waals surface area contributed by atoms with E-state index in [9.17, 15) is 4.79 Å². The van der Waals surface area contributed by atoms with Gasteiger partial charge in [0.1, 0.15) is 12.0 Å². The van der Waals surface area contributed by atoms with Gasteiger partial charge in [-0.15, -0.1) is 0 Å². The molecule has 0 amide bonds. The zero-order chi connectivity index (χ0) is 21.9. The molecule has 0 radical (unpaired) electrons. The van der Waals surface area contributed by atoms with Crippen LogP contribution in [0.1, 0.15) is 45.3 Å². The molecular formula is C29H23NO2. The Bertz CT molecular complexity index is 1190. The number of carbonyl (C=O) groups excluding carboxylic acids is 1. The predicted octanol–water partition coefficient (Wildman–Crippen LogP) is 5.93. The van der Waals surface area contributed by atoms with Gasteiger partial charge in [0, 0.05) is 11.1 Å². The summed E-state index contributed by atoms with van der Waals surface area (Å²) in [6, 6.07) is 36.4. The third-order valence-corrected chi connectivity index (χ3v) is 5.99. The molecule has 0 heterocycles. The van der Waals surface area contributed by atoms with Crippen LogP contribution in [0.3, 0.4) is 0 Å². The van der Waals surface area contributed by atoms with Gasteiger partial charge in [-0.05, 0) is 22.3 Å². The Morgan fingerprint density at radius 1 is 0.625 bits per heavy atom. The lowest BCUT2D eigenvalue weighted by molar-refractivity contribution is -0.141. The van der Waals surface area contributed by atoms with Crippen LogP contribution in [-0.2, 0) is 9.53 Å². The average Bonchev–Trinajstić information content (AvgIpc) is 2.87. The van der Waals surface area contributed by atoms with Crippen LogP contribution >= 0.6 is 0 Å². The van der Waals surface area contributed by atoms with Crippen molar-refractivity contribution in [3.05, 3.63) is 143 Å². The van der Waals surface area contributed by atoms with Crippen LogP contribution in [-0.4, -0.2) is 18.8 Å². The highest BCUT2D eigenvalue weighted by molar-refractivity contribution is 6.13. The number of methoxy groups -OCH3 is 1. The first-order chi connectivity index (χ1) is 15.8. The molecule has 0 spiro atoms. The molecule has 3 nitrogen and oxygen atoms in total. The van der Waals surface area contributed by atoms with E-state index in [0.29, 0.717) is 0 Å². The number of benzene rings is 4. The molecule has 0 fully saturated rings. The monoisotopic (exact) mass is 417 g/mol. The maximum absolute atomic E-state index is 12.8. The van der Waals surface area contributed by atoms with E-state index in [1.54, 1.807) is 0 Å². The first-order valence-corrected chi connectivity index (χ1v) is 10.7. The number of rotatable bonds is 4. The van der Waals surface area contributed by atoms with Gasteiger partial charge in [0.05, 0.1) is 12.8 Å². The first-order valence-electron chi connectivity index (χ1n) is 10.7. The van der Waals surface area contributed by atoms with Crippen LogP contribution in [0.2, 0.25) is 0 Å². The first kappa shape index (κ1) is 20.0. The van der Waals surface area contributed by atoms with Crippen molar-refractivity contribution >= 4 is 11.7 Å². The lowest BCUT2D eigenvalue weighted by Crippen LogP contribution is -2.25. The number of esters is 1. The molecule has 0 saturated heterocycles. The summed E-state index contributed by atoms with van der Waals surface area (Å²) in [5, 5.41) is 0. The van der Waals surface area contributed by atoms with E-state index in [2.05, 4.69) is 36.4 Å². The highest BCUT2D eigenvalue weighted by Gasteiger charge is 2.36. The number of ether oxygens (including phenoxy) is 1. The maximum atomic E-state index is 12.8. The smallest absolute Gasteiger partial charge is 0.317 e. The van der Waals surface area contributed by atoms with Crippen LogP contribution < -0.4 is 0 Å². The predicted molar refractivity (Wildman–Crippen MR) is 127 cm³/mol. The number of hydrogen-bond acceptors (Lipinski definition) is 3. The van der Waals surface area contributed by atoms with Crippen LogP contribution in [0, 0.1) is 0 Å². The Hall–Kier alpha value is -3.98. The SMILES string of the molecule is COC(=O)C1c2ccccc2C(N=C(c2ccccc2)c2ccccc2)c2ccccc21. The van der Waals surface area contributed by atoms with Gasteiger partial charge in [-0.1, -0.05) is 109 Å². The van der Waals surface area contributed by atoms with Gasteiger partial charge >= 0.3 is 5.97 Å². The summed E-state index contributed by atoms with van der Waals surface area (Å²) in [6.45, 7) is 0. The molecule has 1 aliphatic carbocycles. The second-order valence-corrected chi connectivity index (χ2v) is 7.83. The van der Waals surface area contributed by atoms with Crippen molar-refractivity contribution in [2.24, 2.45) is 4.99 Å². The Kier molecular flexibility index (Phi) is 5.39. The van der Waals surface area contributed by atoms with E-state index in [1.165, 1.54) is 7.11 Å². The summed E-state index contributed by atoms with van der Waals surface area (Å²) < 4.78 is 5.18. The minimum Gasteiger partial charge on any atom is -0.468 e. The number of aliphatic imine (C=N–C) groups is 1. The molecule has 156 valence electrons. The standard InChI is InChI=1S/C29H23NO2/c1-32-29(31)26-22-16-8-10-18-24(22)28(25-19-11-9-17-23(25)26)30-27(20-12-4-2-5-13-20)21-14-6-3-7-15-21/h2-19,26,28H,1H3. The number of fused-ring (bicyclic) bond motifs is 2. The van der Waals surface area contributed by atoms with Gasteiger partial charge in [-0.3, -0.25) is 9.79 Å². The molecule has 0 aromatic heterocycles. The third-order valence-electron chi connectivity index (χ3n) is 5.99. The Morgan fingerprint density at radius 3 is 1.47 bits per heavy atom. The molecular weight excluding hydrogens is 394 g/mol. The van der Waals surface area contributed by atoms with Crippen molar-refractivity contribution in [2.75, 3.05) is 7.11 Å². The van der Waals surface area contributed by atoms with Gasteiger partial charge in [0.25, 0.3) is 0 Å². The molecule has 5 rings (SSSR count). The molecule has 0 aliphatic heterocycles. The van der Waals surface area contributed by atoms with Crippen LogP contribution in [0.4, 0.5) is 0 Å². The summed E-state index contributed by atoms with van der Waals surface area (Å²) >= 11 is 0. The highest BCUT2D eigenvalue weighted by Crippen LogP contribution is 2.44. The molecule has 0 N–H and O–H groups in total. The molecule has 0 saturated carbocycles. The maximum Gasteiger partial charge on any atom is 0.317 e. The Morgan fingerprint density at radius 2 is 1.03 bits per heavy atom. The van der Waals surface area contributed by atoms with Crippen molar-refractivity contribution in [3.63, 3.8) is 0 Å². The van der Waals surface area contributed by atoms with E-state index in [4.69, 9.17) is 9.73 Å². The Labute approximate surface area is 188 Å². The summed E-state index contributed by atoms with van der Waals surface area (Å²) in [5.41, 5.74) is 7.02. The molecule has 3 heteroatoms. The number of nitrogens with zero attached hydrogens (tertiary/aromatic N) is 1. The highest BCUT2D eigenvalue weighted by atomic mass is 16.5. The largest absolute Gasteiger partial charge is 0.468 e. The van der Waals surface area contributed by atoms with Crippen molar-refractivity contribution in [2.45, 2.75) is 12.0 Å². The molecule has 0 unspecified atom stereocenters. The molecule has 4 aromatic carbocycles. The quantitative estimate of drug-likeness (QED) is 0.305. The number of hydrogen-bond donors (Lipinski definition) is 0. The summed E-state index contributed by atoms with van der Waals surface area (Å²) in [4.78, 5) is 18.1. The molecule has 32 heavy (non-hydrogen) atoms. The van der Waals surface area contributed by atoms with Crippen molar-refractivity contribution < 1.29 is 9.53 Å². The summed E-state index contributed by atoms with van der Waals surface area (Å²) in [6.07, 6.45) is 0. The molecule has 0 bridgehead atoms. The van der Waals surface area contributed by atoms with Crippen LogP contribution in [0.15, 0.2) is 114 Å². The number of carbonyl (C=O) groups is 1. The van der Waals surface area contributed by atoms with Gasteiger partial charge < -0.3 is 4.74 Å². The van der Waals surface area contributed by atoms with E-state index in [0.717, 1.165) is 39.1 Å². The molecule has 1 aliphatic rings. The zero-order valence-electron chi connectivity index (χ0n) is 17.8. The molecule has 0 atom stereocenters. The topological polar surface area (TPSA) is 38.7 Å². The average molecular weight is 418 g/mol. The fourth-order valence-corrected chi connectivity index (χ4v) is 4.53. The van der Waals surface area contributed by atoms with Crippen LogP contribution in [0.5, 0.6) is 0 Å². The van der Waals surface area contributed by atoms with Gasteiger partial charge in [-0.2, -0.15) is 0 Å². The fourth-order valence-electron chi connectivity index (χ4n) is 4.53. The van der Waals surface area contributed by atoms with Gasteiger partial charge in [-0.25, -0.2) is 0 Å². The second-order valence-electron chi connectivity index (χ2n) is 7.83. The minimum atomic E-state index is -0.448. The summed E-state index contributed by atoms with van der Waals surface area (Å²) in [7, 11) is 1.45. The minimum absolute atomic E-state index is 0.223. The third kappa shape index (κ3) is 3.52. The van der Waals surface area contributed by atoms with Crippen LogP contribution in [0.25, 0.3) is 0 Å². The second kappa shape index (κ2) is 8.64. The fraction of sp³-hybridized carbons (Fsp3) is 0.103. The summed E-state index contributed by atoms with van der Waals surface area (Å²) in [5.74, 6) is -0.700. The van der Waals surface area contributed by atoms with E-state index < -0.39 is 5.92 Å². The van der Waals surface area contributed by atoms with Crippen molar-refractivity contribution in [3.8, 4) is 0 Å². The molecule has 4 aromatic rings. The normalized spacial score (nSPS) is 16.4. The van der Waals surface area contributed by atoms with E-state index >= 15 is 0 Å². The zero-order valence-corrected chi connectivity index (χ0v) is 17.8. The lowest BCUT2D eigenvalue weighted by atomic mass is 9.75. The lowest BCUT2D eigenvalue weighted by Gasteiger charge is -2.31. The van der Waals surface area contributed by atoms with E-state index in [1.807, 2.05) is 72.8 Å². The van der Waals surface area contributed by atoms with Crippen molar-refractivity contribution in [1.82, 2.24) is 0 Å². The van der Waals surface area contributed by atoms with Gasteiger partial charge in [0.2, 0.25) is 0 Å². The Balaban J connectivity index is 1.76. The van der Waals surface area contributed by atoms with E-state index in [-0.39, 0.29) is 12.0 Å².